The summed E-state index contributed by atoms with van der Waals surface area (Å²) in [5, 5.41) is 11.6. The van der Waals surface area contributed by atoms with E-state index in [1.807, 2.05) is 18.7 Å². The van der Waals surface area contributed by atoms with Gasteiger partial charge < -0.3 is 15.2 Å². The fourth-order valence-electron chi connectivity index (χ4n) is 2.10. The number of amides is 1. The van der Waals surface area contributed by atoms with E-state index in [4.69, 9.17) is 9.84 Å². The number of rotatable bonds is 5. The van der Waals surface area contributed by atoms with E-state index in [0.29, 0.717) is 19.7 Å². The number of carboxylic acids is 1. The Morgan fingerprint density at radius 2 is 2.29 bits per heavy atom. The van der Waals surface area contributed by atoms with E-state index < -0.39 is 12.0 Å². The summed E-state index contributed by atoms with van der Waals surface area (Å²) < 4.78 is 5.01. The van der Waals surface area contributed by atoms with E-state index in [0.717, 1.165) is 0 Å². The highest BCUT2D eigenvalue weighted by Crippen LogP contribution is 2.22. The van der Waals surface area contributed by atoms with Gasteiger partial charge in [0.15, 0.2) is 0 Å². The van der Waals surface area contributed by atoms with Crippen LogP contribution in [0.1, 0.15) is 20.3 Å². The smallest absolute Gasteiger partial charge is 0.305 e. The maximum atomic E-state index is 11.7. The summed E-state index contributed by atoms with van der Waals surface area (Å²) in [5.74, 6) is -1.19. The number of hydrogen-bond donors (Lipinski definition) is 2. The molecule has 0 aliphatic carbocycles. The molecule has 1 amide bonds. The fraction of sp³-hybridized carbons (Fsp3) is 0.818. The normalized spacial score (nSPS) is 24.4. The standard InChI is InChI=1S/C11H20N2O4/c1-11(2)7-12-10(16)8(6-9(14)15)13(11)4-5-17-3/h8H,4-7H2,1-3H3,(H,12,16)(H,14,15). The molecule has 1 unspecified atom stereocenters. The summed E-state index contributed by atoms with van der Waals surface area (Å²) in [6, 6.07) is -0.619. The SMILES string of the molecule is COCCN1C(CC(=O)O)C(=O)NCC1(C)C. The Bertz CT molecular complexity index is 304. The van der Waals surface area contributed by atoms with Crippen molar-refractivity contribution in [1.29, 1.82) is 0 Å². The molecule has 1 aliphatic rings. The minimum Gasteiger partial charge on any atom is -0.481 e. The van der Waals surface area contributed by atoms with Gasteiger partial charge in [0.05, 0.1) is 13.0 Å². The third-order valence-corrected chi connectivity index (χ3v) is 3.06. The molecule has 0 saturated carbocycles. The Kier molecular flexibility index (Phi) is 4.47. The van der Waals surface area contributed by atoms with Crippen LogP contribution in [0.5, 0.6) is 0 Å². The van der Waals surface area contributed by atoms with Crippen LogP contribution in [-0.4, -0.2) is 60.3 Å². The van der Waals surface area contributed by atoms with Crippen molar-refractivity contribution in [3.8, 4) is 0 Å². The first-order valence-corrected chi connectivity index (χ1v) is 5.63. The molecule has 1 aliphatic heterocycles. The highest BCUT2D eigenvalue weighted by atomic mass is 16.5. The van der Waals surface area contributed by atoms with Crippen molar-refractivity contribution < 1.29 is 19.4 Å². The molecule has 6 nitrogen and oxygen atoms in total. The lowest BCUT2D eigenvalue weighted by atomic mass is 9.94. The fourth-order valence-corrected chi connectivity index (χ4v) is 2.10. The quantitative estimate of drug-likeness (QED) is 0.693. The van der Waals surface area contributed by atoms with Gasteiger partial charge >= 0.3 is 5.97 Å². The molecule has 2 N–H and O–H groups in total. The first kappa shape index (κ1) is 13.9. The second kappa shape index (κ2) is 5.46. The average Bonchev–Trinajstić information content (AvgIpc) is 2.22. The molecular weight excluding hydrogens is 224 g/mol. The zero-order valence-corrected chi connectivity index (χ0v) is 10.5. The van der Waals surface area contributed by atoms with Gasteiger partial charge in [0.1, 0.15) is 6.04 Å². The second-order valence-corrected chi connectivity index (χ2v) is 4.83. The molecule has 6 heteroatoms. The van der Waals surface area contributed by atoms with Gasteiger partial charge in [-0.1, -0.05) is 0 Å². The van der Waals surface area contributed by atoms with E-state index in [9.17, 15) is 9.59 Å². The molecular formula is C11H20N2O4. The first-order valence-electron chi connectivity index (χ1n) is 5.63. The Hall–Kier alpha value is -1.14. The number of nitrogens with zero attached hydrogens (tertiary/aromatic N) is 1. The average molecular weight is 244 g/mol. The minimum atomic E-state index is -0.967. The topological polar surface area (TPSA) is 78.9 Å². The number of carbonyl (C=O) groups is 2. The van der Waals surface area contributed by atoms with Gasteiger partial charge in [-0.15, -0.1) is 0 Å². The van der Waals surface area contributed by atoms with Gasteiger partial charge in [-0.3, -0.25) is 14.5 Å². The zero-order chi connectivity index (χ0) is 13.1. The number of aliphatic carboxylic acids is 1. The maximum Gasteiger partial charge on any atom is 0.305 e. The zero-order valence-electron chi connectivity index (χ0n) is 10.5. The van der Waals surface area contributed by atoms with Gasteiger partial charge in [-0.05, 0) is 13.8 Å². The Balaban J connectivity index is 2.83. The van der Waals surface area contributed by atoms with Crippen molar-refractivity contribution in [1.82, 2.24) is 10.2 Å². The first-order chi connectivity index (χ1) is 7.88. The summed E-state index contributed by atoms with van der Waals surface area (Å²) in [6.07, 6.45) is -0.182. The van der Waals surface area contributed by atoms with Crippen LogP contribution < -0.4 is 5.32 Å². The molecule has 0 radical (unpaired) electrons. The van der Waals surface area contributed by atoms with Crippen LogP contribution in [0.4, 0.5) is 0 Å². The number of piperazine rings is 1. The van der Waals surface area contributed by atoms with Crippen LogP contribution in [0, 0.1) is 0 Å². The highest BCUT2D eigenvalue weighted by molar-refractivity contribution is 5.87. The number of nitrogens with one attached hydrogen (secondary N) is 1. The highest BCUT2D eigenvalue weighted by Gasteiger charge is 2.41. The lowest BCUT2D eigenvalue weighted by molar-refractivity contribution is -0.146. The maximum absolute atomic E-state index is 11.7. The Morgan fingerprint density at radius 1 is 1.65 bits per heavy atom. The van der Waals surface area contributed by atoms with Crippen LogP contribution in [-0.2, 0) is 14.3 Å². The molecule has 1 rings (SSSR count). The van der Waals surface area contributed by atoms with E-state index in [1.54, 1.807) is 7.11 Å². The summed E-state index contributed by atoms with van der Waals surface area (Å²) >= 11 is 0. The van der Waals surface area contributed by atoms with Crippen LogP contribution in [0.2, 0.25) is 0 Å². The van der Waals surface area contributed by atoms with Gasteiger partial charge in [-0.25, -0.2) is 0 Å². The molecule has 17 heavy (non-hydrogen) atoms. The second-order valence-electron chi connectivity index (χ2n) is 4.83. The van der Waals surface area contributed by atoms with Crippen LogP contribution in [0.25, 0.3) is 0 Å². The largest absolute Gasteiger partial charge is 0.481 e. The summed E-state index contributed by atoms with van der Waals surface area (Å²) in [6.45, 7) is 5.52. The van der Waals surface area contributed by atoms with Crippen molar-refractivity contribution in [2.75, 3.05) is 26.8 Å². The molecule has 98 valence electrons. The van der Waals surface area contributed by atoms with E-state index in [2.05, 4.69) is 5.32 Å². The minimum absolute atomic E-state index is 0.182. The number of methoxy groups -OCH3 is 1. The lowest BCUT2D eigenvalue weighted by Gasteiger charge is -2.46. The number of carboxylic acid groups (broad SMARTS) is 1. The lowest BCUT2D eigenvalue weighted by Crippen LogP contribution is -2.66. The number of carbonyl (C=O) groups excluding carboxylic acids is 1. The predicted molar refractivity (Wildman–Crippen MR) is 61.7 cm³/mol. The number of ether oxygens (including phenoxy) is 1. The van der Waals surface area contributed by atoms with Crippen molar-refractivity contribution in [2.24, 2.45) is 0 Å². The number of hydrogen-bond acceptors (Lipinski definition) is 4. The van der Waals surface area contributed by atoms with Crippen LogP contribution in [0.15, 0.2) is 0 Å². The van der Waals surface area contributed by atoms with Gasteiger partial charge in [0.25, 0.3) is 0 Å². The molecule has 1 heterocycles. The monoisotopic (exact) mass is 244 g/mol. The molecule has 0 aromatic rings. The van der Waals surface area contributed by atoms with E-state index >= 15 is 0 Å². The van der Waals surface area contributed by atoms with Crippen molar-refractivity contribution in [3.63, 3.8) is 0 Å². The van der Waals surface area contributed by atoms with Crippen LogP contribution in [0.3, 0.4) is 0 Å². The summed E-state index contributed by atoms with van der Waals surface area (Å²) in [5.41, 5.74) is -0.257. The third-order valence-electron chi connectivity index (χ3n) is 3.06. The van der Waals surface area contributed by atoms with Gasteiger partial charge in [0, 0.05) is 25.7 Å². The van der Waals surface area contributed by atoms with Crippen molar-refractivity contribution in [3.05, 3.63) is 0 Å². The molecule has 1 saturated heterocycles. The van der Waals surface area contributed by atoms with Gasteiger partial charge in [0.2, 0.25) is 5.91 Å². The third kappa shape index (κ3) is 3.41. The Labute approximate surface area is 101 Å². The molecule has 1 fully saturated rings. The van der Waals surface area contributed by atoms with E-state index in [-0.39, 0.29) is 17.9 Å². The summed E-state index contributed by atoms with van der Waals surface area (Å²) in [4.78, 5) is 24.4. The molecule has 0 aromatic carbocycles. The molecule has 0 spiro atoms. The Morgan fingerprint density at radius 3 is 2.82 bits per heavy atom. The van der Waals surface area contributed by atoms with E-state index in [1.165, 1.54) is 0 Å². The van der Waals surface area contributed by atoms with Crippen molar-refractivity contribution in [2.45, 2.75) is 31.8 Å². The molecule has 1 atom stereocenters. The predicted octanol–water partition coefficient (Wildman–Crippen LogP) is -0.313. The molecule has 0 bridgehead atoms. The van der Waals surface area contributed by atoms with Crippen LogP contribution >= 0.6 is 0 Å². The van der Waals surface area contributed by atoms with Gasteiger partial charge in [-0.2, -0.15) is 0 Å². The molecule has 0 aromatic heterocycles. The van der Waals surface area contributed by atoms with Crippen molar-refractivity contribution >= 4 is 11.9 Å². The summed E-state index contributed by atoms with van der Waals surface area (Å²) in [7, 11) is 1.59.